The third-order valence-electron chi connectivity index (χ3n) is 6.27. The number of anilines is 2. The summed E-state index contributed by atoms with van der Waals surface area (Å²) in [4.78, 5) is 44.2. The summed E-state index contributed by atoms with van der Waals surface area (Å²) >= 11 is 6.14. The summed E-state index contributed by atoms with van der Waals surface area (Å²) in [6.07, 6.45) is 1.64. The molecule has 1 aromatic heterocycles. The van der Waals surface area contributed by atoms with Crippen LogP contribution >= 0.6 is 39.0 Å². The van der Waals surface area contributed by atoms with Crippen molar-refractivity contribution >= 4 is 73.6 Å². The average Bonchev–Trinajstić information content (AvgIpc) is 3.50. The van der Waals surface area contributed by atoms with Crippen LogP contribution < -0.4 is 16.0 Å². The Labute approximate surface area is 272 Å². The van der Waals surface area contributed by atoms with E-state index in [2.05, 4.69) is 36.9 Å². The Kier molecular flexibility index (Phi) is 10.4. The number of nitrogens with zero attached hydrogens (tertiary/aromatic N) is 1. The zero-order chi connectivity index (χ0) is 30.9. The van der Waals surface area contributed by atoms with Crippen molar-refractivity contribution in [3.8, 4) is 11.3 Å². The average molecular weight is 684 g/mol. The molecule has 0 aliphatic carbocycles. The van der Waals surface area contributed by atoms with E-state index >= 15 is 0 Å². The van der Waals surface area contributed by atoms with Gasteiger partial charge in [0.2, 0.25) is 5.91 Å². The molecule has 0 bridgehead atoms. The van der Waals surface area contributed by atoms with Crippen molar-refractivity contribution in [1.29, 1.82) is 0 Å². The zero-order valence-corrected chi connectivity index (χ0v) is 26.8. The van der Waals surface area contributed by atoms with E-state index in [1.807, 2.05) is 73.0 Å². The molecule has 4 aromatic carbocycles. The van der Waals surface area contributed by atoms with Gasteiger partial charge in [0, 0.05) is 31.6 Å². The summed E-state index contributed by atoms with van der Waals surface area (Å²) in [5, 5.41) is 10.9. The van der Waals surface area contributed by atoms with Gasteiger partial charge < -0.3 is 16.0 Å². The molecule has 0 fully saturated rings. The molecule has 0 atom stereocenters. The number of rotatable bonds is 10. The number of nitrogens with one attached hydrogen (secondary N) is 3. The van der Waals surface area contributed by atoms with Crippen molar-refractivity contribution in [3.63, 3.8) is 0 Å². The Balaban J connectivity index is 1.22. The van der Waals surface area contributed by atoms with Crippen LogP contribution in [0.5, 0.6) is 0 Å². The van der Waals surface area contributed by atoms with Crippen molar-refractivity contribution in [3.05, 3.63) is 135 Å². The lowest BCUT2D eigenvalue weighted by Crippen LogP contribution is -2.30. The van der Waals surface area contributed by atoms with Gasteiger partial charge in [-0.3, -0.25) is 14.4 Å². The van der Waals surface area contributed by atoms with E-state index in [-0.39, 0.29) is 17.4 Å². The first kappa shape index (κ1) is 30.9. The summed E-state index contributed by atoms with van der Waals surface area (Å²) in [6.45, 7) is 1.98. The van der Waals surface area contributed by atoms with Crippen LogP contribution in [-0.2, 0) is 9.59 Å². The molecule has 0 aliphatic heterocycles. The Hall–Kier alpha value is -4.51. The fourth-order valence-corrected chi connectivity index (χ4v) is 5.78. The molecule has 0 saturated carbocycles. The molecule has 5 aromatic rings. The molecule has 10 heteroatoms. The Morgan fingerprint density at radius 2 is 1.64 bits per heavy atom. The minimum atomic E-state index is -0.472. The Morgan fingerprint density at radius 1 is 0.886 bits per heavy atom. The minimum absolute atomic E-state index is 0.103. The molecule has 44 heavy (non-hydrogen) atoms. The number of hydrogen-bond acceptors (Lipinski definition) is 6. The highest BCUT2D eigenvalue weighted by Gasteiger charge is 2.16. The molecular formula is C34H27BrN4O3S2. The number of halogens is 1. The maximum absolute atomic E-state index is 13.4. The van der Waals surface area contributed by atoms with E-state index < -0.39 is 11.8 Å². The van der Waals surface area contributed by atoms with Gasteiger partial charge in [0.25, 0.3) is 11.8 Å². The van der Waals surface area contributed by atoms with Gasteiger partial charge in [-0.05, 0) is 61.0 Å². The number of carbonyl (C=O) groups is 3. The zero-order valence-electron chi connectivity index (χ0n) is 23.5. The lowest BCUT2D eigenvalue weighted by Gasteiger charge is -2.12. The summed E-state index contributed by atoms with van der Waals surface area (Å²) in [5.41, 5.74) is 4.69. The number of amides is 3. The molecule has 5 rings (SSSR count). The first-order valence-corrected chi connectivity index (χ1v) is 16.2. The van der Waals surface area contributed by atoms with E-state index in [9.17, 15) is 14.4 Å². The smallest absolute Gasteiger partial charge is 0.272 e. The standard InChI is InChI=1S/C34H27BrN4O3S2/c1-22-10-12-23(13-11-22)18-29(37-32(41)25-6-3-2-4-7-25)33(42)36-27-8-5-9-28(19-27)43-21-31(40)39-34-38-30(20-44-34)24-14-16-26(35)17-15-24/h2-20H,21H2,1H3,(H,36,42)(H,37,41)(H,38,39,40)/b29-18-. The summed E-state index contributed by atoms with van der Waals surface area (Å²) in [6, 6.07) is 31.4. The quantitative estimate of drug-likeness (QED) is 0.102. The maximum atomic E-state index is 13.4. The second-order valence-electron chi connectivity index (χ2n) is 9.65. The highest BCUT2D eigenvalue weighted by atomic mass is 79.9. The van der Waals surface area contributed by atoms with Crippen LogP contribution in [0.1, 0.15) is 21.5 Å². The number of carbonyl (C=O) groups excluding carboxylic acids is 3. The van der Waals surface area contributed by atoms with Crippen LogP contribution in [0.25, 0.3) is 17.3 Å². The molecule has 7 nitrogen and oxygen atoms in total. The van der Waals surface area contributed by atoms with Gasteiger partial charge in [-0.1, -0.05) is 82.2 Å². The van der Waals surface area contributed by atoms with Gasteiger partial charge >= 0.3 is 0 Å². The summed E-state index contributed by atoms with van der Waals surface area (Å²) in [7, 11) is 0. The van der Waals surface area contributed by atoms with Crippen LogP contribution in [0.4, 0.5) is 10.8 Å². The molecule has 0 radical (unpaired) electrons. The maximum Gasteiger partial charge on any atom is 0.272 e. The van der Waals surface area contributed by atoms with Gasteiger partial charge in [-0.2, -0.15) is 0 Å². The number of hydrogen-bond donors (Lipinski definition) is 3. The van der Waals surface area contributed by atoms with E-state index in [1.165, 1.54) is 23.1 Å². The Morgan fingerprint density at radius 3 is 2.39 bits per heavy atom. The van der Waals surface area contributed by atoms with Crippen molar-refractivity contribution in [2.24, 2.45) is 0 Å². The number of benzene rings is 4. The van der Waals surface area contributed by atoms with Gasteiger partial charge in [-0.15, -0.1) is 23.1 Å². The normalized spacial score (nSPS) is 11.1. The van der Waals surface area contributed by atoms with Crippen LogP contribution in [0.2, 0.25) is 0 Å². The molecule has 0 saturated heterocycles. The molecule has 3 amide bonds. The predicted molar refractivity (Wildman–Crippen MR) is 183 cm³/mol. The third kappa shape index (κ3) is 8.76. The van der Waals surface area contributed by atoms with Crippen molar-refractivity contribution in [1.82, 2.24) is 10.3 Å². The van der Waals surface area contributed by atoms with Crippen LogP contribution in [0, 0.1) is 6.92 Å². The number of thiazole rings is 1. The topological polar surface area (TPSA) is 100 Å². The second kappa shape index (κ2) is 14.8. The van der Waals surface area contributed by atoms with Gasteiger partial charge in [0.15, 0.2) is 5.13 Å². The number of aryl methyl sites for hydroxylation is 1. The number of aromatic nitrogens is 1. The van der Waals surface area contributed by atoms with E-state index in [0.29, 0.717) is 16.4 Å². The number of thioether (sulfide) groups is 1. The lowest BCUT2D eigenvalue weighted by molar-refractivity contribution is -0.114. The second-order valence-corrected chi connectivity index (χ2v) is 12.5. The van der Waals surface area contributed by atoms with Crippen LogP contribution in [0.15, 0.2) is 124 Å². The fourth-order valence-electron chi connectivity index (χ4n) is 4.02. The summed E-state index contributed by atoms with van der Waals surface area (Å²) < 4.78 is 0.986. The first-order valence-electron chi connectivity index (χ1n) is 13.5. The largest absolute Gasteiger partial charge is 0.321 e. The highest BCUT2D eigenvalue weighted by molar-refractivity contribution is 9.10. The Bertz CT molecular complexity index is 1800. The molecule has 1 heterocycles. The molecule has 220 valence electrons. The van der Waals surface area contributed by atoms with Crippen LogP contribution in [-0.4, -0.2) is 28.5 Å². The van der Waals surface area contributed by atoms with Crippen molar-refractivity contribution in [2.75, 3.05) is 16.4 Å². The minimum Gasteiger partial charge on any atom is -0.321 e. The van der Waals surface area contributed by atoms with Crippen molar-refractivity contribution < 1.29 is 14.4 Å². The molecular weight excluding hydrogens is 656 g/mol. The van der Waals surface area contributed by atoms with E-state index in [1.54, 1.807) is 48.5 Å². The SMILES string of the molecule is Cc1ccc(/C=C(\NC(=O)c2ccccc2)C(=O)Nc2cccc(SCC(=O)Nc3nc(-c4ccc(Br)cc4)cs3)c2)cc1. The molecule has 0 aliphatic rings. The predicted octanol–water partition coefficient (Wildman–Crippen LogP) is 8.02. The first-order chi connectivity index (χ1) is 21.3. The summed E-state index contributed by atoms with van der Waals surface area (Å²) in [5.74, 6) is -0.886. The highest BCUT2D eigenvalue weighted by Crippen LogP contribution is 2.27. The molecule has 3 N–H and O–H groups in total. The fraction of sp³-hybridized carbons (Fsp3) is 0.0588. The van der Waals surface area contributed by atoms with E-state index in [0.717, 1.165) is 31.8 Å². The molecule has 0 spiro atoms. The van der Waals surface area contributed by atoms with Gasteiger partial charge in [0.1, 0.15) is 5.70 Å². The van der Waals surface area contributed by atoms with E-state index in [4.69, 9.17) is 0 Å². The van der Waals surface area contributed by atoms with Crippen LogP contribution in [0.3, 0.4) is 0 Å². The monoisotopic (exact) mass is 682 g/mol. The van der Waals surface area contributed by atoms with Crippen molar-refractivity contribution in [2.45, 2.75) is 11.8 Å². The van der Waals surface area contributed by atoms with Gasteiger partial charge in [-0.25, -0.2) is 4.98 Å². The third-order valence-corrected chi connectivity index (χ3v) is 8.55. The van der Waals surface area contributed by atoms with Gasteiger partial charge in [0.05, 0.1) is 11.4 Å². The molecule has 0 unspecified atom stereocenters. The lowest BCUT2D eigenvalue weighted by atomic mass is 10.1.